The average Bonchev–Trinajstić information content (AvgIpc) is 3.03. The molecule has 136 valence electrons. The van der Waals surface area contributed by atoms with Crippen molar-refractivity contribution in [2.24, 2.45) is 13.0 Å². The average molecular weight is 343 g/mol. The first-order valence-corrected chi connectivity index (χ1v) is 9.15. The van der Waals surface area contributed by atoms with E-state index in [-0.39, 0.29) is 12.7 Å². The van der Waals surface area contributed by atoms with E-state index in [1.807, 2.05) is 19.4 Å². The number of aliphatic hydroxyl groups excluding tert-OH is 1. The molecule has 5 heteroatoms. The monoisotopic (exact) mass is 343 g/mol. The summed E-state index contributed by atoms with van der Waals surface area (Å²) < 4.78 is 8.14. The molecule has 2 heterocycles. The molecule has 0 unspecified atom stereocenters. The molecule has 3 rings (SSSR count). The number of aromatic nitrogens is 2. The minimum Gasteiger partial charge on any atom is -0.395 e. The van der Waals surface area contributed by atoms with Crippen molar-refractivity contribution >= 4 is 0 Å². The quantitative estimate of drug-likeness (QED) is 0.840. The van der Waals surface area contributed by atoms with Gasteiger partial charge in [0, 0.05) is 51.6 Å². The first-order valence-electron chi connectivity index (χ1n) is 9.15. The van der Waals surface area contributed by atoms with Crippen molar-refractivity contribution < 1.29 is 9.84 Å². The highest BCUT2D eigenvalue weighted by Gasteiger charge is 2.31. The van der Waals surface area contributed by atoms with Crippen LogP contribution in [-0.2, 0) is 18.3 Å². The fourth-order valence-corrected chi connectivity index (χ4v) is 3.63. The highest BCUT2D eigenvalue weighted by Crippen LogP contribution is 2.33. The molecule has 5 nitrogen and oxygen atoms in total. The smallest absolute Gasteiger partial charge is 0.137 e. The number of aliphatic hydroxyl groups is 1. The molecule has 1 aromatic carbocycles. The summed E-state index contributed by atoms with van der Waals surface area (Å²) in [4.78, 5) is 6.84. The zero-order valence-corrected chi connectivity index (χ0v) is 15.3. The zero-order chi connectivity index (χ0) is 17.6. The van der Waals surface area contributed by atoms with Crippen molar-refractivity contribution in [2.45, 2.75) is 32.4 Å². The number of rotatable bonds is 7. The van der Waals surface area contributed by atoms with Crippen molar-refractivity contribution in [2.75, 3.05) is 26.3 Å². The van der Waals surface area contributed by atoms with Gasteiger partial charge in [0.2, 0.25) is 0 Å². The van der Waals surface area contributed by atoms with Gasteiger partial charge in [-0.25, -0.2) is 4.98 Å². The summed E-state index contributed by atoms with van der Waals surface area (Å²) in [5, 5.41) is 9.49. The highest BCUT2D eigenvalue weighted by atomic mass is 16.5. The van der Waals surface area contributed by atoms with E-state index in [2.05, 4.69) is 45.6 Å². The molecule has 0 bridgehead atoms. The molecular weight excluding hydrogens is 314 g/mol. The molecule has 0 saturated carbocycles. The Morgan fingerprint density at radius 1 is 1.32 bits per heavy atom. The normalized spacial score (nSPS) is 21.0. The molecule has 0 radical (unpaired) electrons. The zero-order valence-electron chi connectivity index (χ0n) is 15.3. The van der Waals surface area contributed by atoms with E-state index < -0.39 is 0 Å². The van der Waals surface area contributed by atoms with E-state index in [4.69, 9.17) is 4.74 Å². The molecule has 0 aliphatic carbocycles. The lowest BCUT2D eigenvalue weighted by molar-refractivity contribution is -0.0468. The van der Waals surface area contributed by atoms with Gasteiger partial charge in [0.25, 0.3) is 0 Å². The molecule has 1 saturated heterocycles. The molecule has 1 fully saturated rings. The molecule has 1 aromatic heterocycles. The third-order valence-corrected chi connectivity index (χ3v) is 4.99. The van der Waals surface area contributed by atoms with Gasteiger partial charge in [0.05, 0.1) is 6.61 Å². The van der Waals surface area contributed by atoms with E-state index in [0.717, 1.165) is 38.4 Å². The van der Waals surface area contributed by atoms with Gasteiger partial charge >= 0.3 is 0 Å². The van der Waals surface area contributed by atoms with Crippen LogP contribution in [0.4, 0.5) is 0 Å². The van der Waals surface area contributed by atoms with Gasteiger partial charge in [-0.2, -0.15) is 0 Å². The van der Waals surface area contributed by atoms with Crippen LogP contribution in [0, 0.1) is 12.8 Å². The number of nitrogens with zero attached hydrogens (tertiary/aromatic N) is 3. The Morgan fingerprint density at radius 3 is 2.80 bits per heavy atom. The van der Waals surface area contributed by atoms with Crippen LogP contribution in [0.2, 0.25) is 0 Å². The summed E-state index contributed by atoms with van der Waals surface area (Å²) in [7, 11) is 2.02. The largest absolute Gasteiger partial charge is 0.395 e. The van der Waals surface area contributed by atoms with Crippen LogP contribution < -0.4 is 0 Å². The van der Waals surface area contributed by atoms with Crippen molar-refractivity contribution in [3.05, 3.63) is 53.6 Å². The maximum Gasteiger partial charge on any atom is 0.137 e. The number of imidazole rings is 1. The summed E-state index contributed by atoms with van der Waals surface area (Å²) in [5.74, 6) is 1.40. The molecule has 1 aliphatic rings. The van der Waals surface area contributed by atoms with Crippen LogP contribution in [0.5, 0.6) is 0 Å². The lowest BCUT2D eigenvalue weighted by atomic mass is 9.92. The fourth-order valence-electron chi connectivity index (χ4n) is 3.63. The van der Waals surface area contributed by atoms with E-state index >= 15 is 0 Å². The van der Waals surface area contributed by atoms with Crippen molar-refractivity contribution in [3.63, 3.8) is 0 Å². The van der Waals surface area contributed by atoms with Crippen molar-refractivity contribution in [1.82, 2.24) is 14.5 Å². The lowest BCUT2D eigenvalue weighted by Crippen LogP contribution is -2.37. The van der Waals surface area contributed by atoms with Gasteiger partial charge in [-0.05, 0) is 25.3 Å². The van der Waals surface area contributed by atoms with E-state index in [1.165, 1.54) is 11.1 Å². The predicted molar refractivity (Wildman–Crippen MR) is 98.2 cm³/mol. The number of ether oxygens (including phenoxy) is 1. The molecule has 2 atom stereocenters. The Bertz CT molecular complexity index is 653. The summed E-state index contributed by atoms with van der Waals surface area (Å²) in [5.41, 5.74) is 2.55. The number of aryl methyl sites for hydroxylation is 2. The standard InChI is InChI=1S/C20H29N3O2/c1-16-5-7-17(8-6-16)14-23(11-12-24)15-18-4-3-13-25-19(18)20-21-9-10-22(20)2/h5-10,18-19,24H,3-4,11-15H2,1-2H3/t18-,19+/m0/s1. The number of hydrogen-bond donors (Lipinski definition) is 1. The van der Waals surface area contributed by atoms with Crippen LogP contribution in [0.1, 0.15) is 35.9 Å². The second-order valence-electron chi connectivity index (χ2n) is 7.03. The van der Waals surface area contributed by atoms with E-state index in [1.54, 1.807) is 0 Å². The predicted octanol–water partition coefficient (Wildman–Crippen LogP) is 2.69. The minimum absolute atomic E-state index is 0.0351. The third kappa shape index (κ3) is 4.69. The Kier molecular flexibility index (Phi) is 6.24. The Labute approximate surface area is 150 Å². The summed E-state index contributed by atoms with van der Waals surface area (Å²) in [6.07, 6.45) is 6.06. The number of benzene rings is 1. The molecule has 0 spiro atoms. The van der Waals surface area contributed by atoms with Crippen LogP contribution >= 0.6 is 0 Å². The summed E-state index contributed by atoms with van der Waals surface area (Å²) in [6, 6.07) is 8.64. The van der Waals surface area contributed by atoms with Gasteiger partial charge in [-0.15, -0.1) is 0 Å². The molecule has 0 amide bonds. The van der Waals surface area contributed by atoms with Crippen molar-refractivity contribution in [3.8, 4) is 0 Å². The maximum absolute atomic E-state index is 9.49. The molecule has 1 aliphatic heterocycles. The third-order valence-electron chi connectivity index (χ3n) is 4.99. The van der Waals surface area contributed by atoms with Gasteiger partial charge in [0.1, 0.15) is 11.9 Å². The Morgan fingerprint density at radius 2 is 2.12 bits per heavy atom. The Hall–Kier alpha value is -1.69. The van der Waals surface area contributed by atoms with Gasteiger partial charge < -0.3 is 14.4 Å². The maximum atomic E-state index is 9.49. The minimum atomic E-state index is 0.0351. The summed E-state index contributed by atoms with van der Waals surface area (Å²) >= 11 is 0. The lowest BCUT2D eigenvalue weighted by Gasteiger charge is -2.35. The fraction of sp³-hybridized carbons (Fsp3) is 0.550. The Balaban J connectivity index is 1.70. The SMILES string of the molecule is Cc1ccc(CN(CCO)C[C@@H]2CCCO[C@H]2c2nccn2C)cc1. The second-order valence-corrected chi connectivity index (χ2v) is 7.03. The van der Waals surface area contributed by atoms with Gasteiger partial charge in [-0.3, -0.25) is 4.90 Å². The van der Waals surface area contributed by atoms with Gasteiger partial charge in [-0.1, -0.05) is 29.8 Å². The van der Waals surface area contributed by atoms with E-state index in [0.29, 0.717) is 12.5 Å². The first kappa shape index (κ1) is 18.1. The molecule has 1 N–H and O–H groups in total. The number of hydrogen-bond acceptors (Lipinski definition) is 4. The molecular formula is C20H29N3O2. The summed E-state index contributed by atoms with van der Waals surface area (Å²) in [6.45, 7) is 5.51. The second kappa shape index (κ2) is 8.61. The van der Waals surface area contributed by atoms with Crippen LogP contribution in [0.15, 0.2) is 36.7 Å². The van der Waals surface area contributed by atoms with Crippen LogP contribution in [0.25, 0.3) is 0 Å². The molecule has 25 heavy (non-hydrogen) atoms. The van der Waals surface area contributed by atoms with Crippen LogP contribution in [-0.4, -0.2) is 45.9 Å². The first-order chi connectivity index (χ1) is 12.2. The van der Waals surface area contributed by atoms with E-state index in [9.17, 15) is 5.11 Å². The highest BCUT2D eigenvalue weighted by molar-refractivity contribution is 5.21. The topological polar surface area (TPSA) is 50.5 Å². The van der Waals surface area contributed by atoms with Crippen molar-refractivity contribution in [1.29, 1.82) is 0 Å². The van der Waals surface area contributed by atoms with Gasteiger partial charge in [0.15, 0.2) is 0 Å². The molecule has 2 aromatic rings. The van der Waals surface area contributed by atoms with Crippen LogP contribution in [0.3, 0.4) is 0 Å².